The molecule has 0 aliphatic heterocycles. The molecule has 1 atom stereocenters. The number of halogens is 2. The highest BCUT2D eigenvalue weighted by atomic mass is 35.5. The molecular weight excluding hydrogens is 233 g/mol. The summed E-state index contributed by atoms with van der Waals surface area (Å²) < 4.78 is 1.78. The molecule has 1 aromatic rings. The van der Waals surface area contributed by atoms with Gasteiger partial charge in [-0.1, -0.05) is 17.7 Å². The molecule has 0 radical (unpaired) electrons. The zero-order valence-electron chi connectivity index (χ0n) is 8.93. The van der Waals surface area contributed by atoms with E-state index in [1.54, 1.807) is 4.57 Å². The first kappa shape index (κ1) is 12.6. The Morgan fingerprint density at radius 1 is 1.60 bits per heavy atom. The lowest BCUT2D eigenvalue weighted by Gasteiger charge is -2.11. The van der Waals surface area contributed by atoms with E-state index in [4.69, 9.17) is 23.2 Å². The predicted octanol–water partition coefficient (Wildman–Crippen LogP) is 2.78. The highest BCUT2D eigenvalue weighted by molar-refractivity contribution is 6.32. The largest absolute Gasteiger partial charge is 0.319 e. The van der Waals surface area contributed by atoms with E-state index < -0.39 is 0 Å². The summed E-state index contributed by atoms with van der Waals surface area (Å²) in [6.45, 7) is 6.44. The fraction of sp³-hybridized carbons (Fsp3) is 0.500. The molecule has 0 saturated heterocycles. The molecule has 0 bridgehead atoms. The molecule has 1 rings (SSSR count). The molecule has 1 unspecified atom stereocenters. The lowest BCUT2D eigenvalue weighted by molar-refractivity contribution is 0.540. The number of nitrogens with zero attached hydrogens (tertiary/aromatic N) is 2. The molecule has 15 heavy (non-hydrogen) atoms. The smallest absolute Gasteiger partial charge is 0.204 e. The highest BCUT2D eigenvalue weighted by Crippen LogP contribution is 2.19. The summed E-state index contributed by atoms with van der Waals surface area (Å²) in [6.07, 6.45) is 2.80. The minimum absolute atomic E-state index is 0.368. The molecule has 0 aromatic carbocycles. The van der Waals surface area contributed by atoms with Gasteiger partial charge >= 0.3 is 0 Å². The summed E-state index contributed by atoms with van der Waals surface area (Å²) in [4.78, 5) is 3.97. The molecule has 3 nitrogen and oxygen atoms in total. The fourth-order valence-corrected chi connectivity index (χ4v) is 1.77. The van der Waals surface area contributed by atoms with Crippen LogP contribution in [-0.4, -0.2) is 15.6 Å². The van der Waals surface area contributed by atoms with E-state index >= 15 is 0 Å². The predicted molar refractivity (Wildman–Crippen MR) is 64.3 cm³/mol. The van der Waals surface area contributed by atoms with Gasteiger partial charge in [0.15, 0.2) is 5.15 Å². The maximum atomic E-state index is 5.93. The van der Waals surface area contributed by atoms with Crippen LogP contribution in [-0.2, 0) is 13.6 Å². The van der Waals surface area contributed by atoms with Crippen molar-refractivity contribution in [3.8, 4) is 0 Å². The lowest BCUT2D eigenvalue weighted by atomic mass is 10.2. The Balaban J connectivity index is 2.61. The molecule has 0 aliphatic rings. The maximum Gasteiger partial charge on any atom is 0.204 e. The quantitative estimate of drug-likeness (QED) is 0.812. The first-order valence-corrected chi connectivity index (χ1v) is 5.52. The average Bonchev–Trinajstić information content (AvgIpc) is 2.40. The second-order valence-corrected chi connectivity index (χ2v) is 4.18. The van der Waals surface area contributed by atoms with Crippen molar-refractivity contribution < 1.29 is 0 Å². The third kappa shape index (κ3) is 3.23. The van der Waals surface area contributed by atoms with Crippen LogP contribution >= 0.6 is 23.2 Å². The molecule has 0 saturated carbocycles. The number of hydrogen-bond acceptors (Lipinski definition) is 2. The summed E-state index contributed by atoms with van der Waals surface area (Å²) in [7, 11) is 1.84. The van der Waals surface area contributed by atoms with Crippen LogP contribution in [0.25, 0.3) is 0 Å². The van der Waals surface area contributed by atoms with E-state index in [1.165, 1.54) is 0 Å². The molecule has 1 aromatic heterocycles. The van der Waals surface area contributed by atoms with Crippen molar-refractivity contribution in [1.29, 1.82) is 0 Å². The van der Waals surface area contributed by atoms with E-state index in [0.717, 1.165) is 12.1 Å². The third-order valence-electron chi connectivity index (χ3n) is 2.25. The average molecular weight is 248 g/mol. The number of rotatable bonds is 5. The van der Waals surface area contributed by atoms with Crippen LogP contribution in [0, 0.1) is 0 Å². The van der Waals surface area contributed by atoms with Crippen molar-refractivity contribution >= 4 is 23.2 Å². The molecule has 5 heteroatoms. The number of aromatic nitrogens is 2. The van der Waals surface area contributed by atoms with E-state index in [0.29, 0.717) is 23.0 Å². The summed E-state index contributed by atoms with van der Waals surface area (Å²) in [5.74, 6) is 0. The molecule has 1 heterocycles. The number of hydrogen-bond donors (Lipinski definition) is 1. The molecule has 0 fully saturated rings. The van der Waals surface area contributed by atoms with Crippen molar-refractivity contribution in [1.82, 2.24) is 14.9 Å². The van der Waals surface area contributed by atoms with Gasteiger partial charge in [-0.3, -0.25) is 0 Å². The third-order valence-corrected chi connectivity index (χ3v) is 2.89. The van der Waals surface area contributed by atoms with E-state index in [9.17, 15) is 0 Å². The molecular formula is C10H15Cl2N3. The normalized spacial score (nSPS) is 12.8. The van der Waals surface area contributed by atoms with Crippen LogP contribution in [0.2, 0.25) is 10.4 Å². The standard InChI is InChI=1S/C10H15Cl2N3/c1-4-5-7(2)13-6-8-9(11)14-10(12)15(8)3/h4,7,13H,1,5-6H2,2-3H3. The maximum absolute atomic E-state index is 5.93. The Hall–Kier alpha value is -0.510. The SMILES string of the molecule is C=CCC(C)NCc1c(Cl)nc(Cl)n1C. The van der Waals surface area contributed by atoms with Gasteiger partial charge in [-0.25, -0.2) is 4.98 Å². The van der Waals surface area contributed by atoms with E-state index in [2.05, 4.69) is 23.8 Å². The molecule has 84 valence electrons. The van der Waals surface area contributed by atoms with Crippen LogP contribution in [0.15, 0.2) is 12.7 Å². The zero-order chi connectivity index (χ0) is 11.4. The Morgan fingerprint density at radius 2 is 2.27 bits per heavy atom. The number of imidazole rings is 1. The monoisotopic (exact) mass is 247 g/mol. The Labute approximate surface area is 100 Å². The van der Waals surface area contributed by atoms with Gasteiger partial charge < -0.3 is 9.88 Å². The summed E-state index contributed by atoms with van der Waals surface area (Å²) in [6, 6.07) is 0.368. The van der Waals surface area contributed by atoms with Crippen molar-refractivity contribution in [2.75, 3.05) is 0 Å². The van der Waals surface area contributed by atoms with Crippen LogP contribution in [0.3, 0.4) is 0 Å². The van der Waals surface area contributed by atoms with Crippen LogP contribution in [0.1, 0.15) is 19.0 Å². The van der Waals surface area contributed by atoms with Gasteiger partial charge in [0, 0.05) is 19.6 Å². The molecule has 1 N–H and O–H groups in total. The highest BCUT2D eigenvalue weighted by Gasteiger charge is 2.11. The Kier molecular flexibility index (Phi) is 4.64. The van der Waals surface area contributed by atoms with Crippen molar-refractivity contribution in [2.24, 2.45) is 7.05 Å². The number of nitrogens with one attached hydrogen (secondary N) is 1. The van der Waals surface area contributed by atoms with Gasteiger partial charge in [-0.2, -0.15) is 0 Å². The van der Waals surface area contributed by atoms with E-state index in [-0.39, 0.29) is 0 Å². The van der Waals surface area contributed by atoms with Crippen LogP contribution in [0.5, 0.6) is 0 Å². The van der Waals surface area contributed by atoms with Gasteiger partial charge in [0.1, 0.15) is 0 Å². The molecule has 0 amide bonds. The topological polar surface area (TPSA) is 29.9 Å². The Bertz CT molecular complexity index is 347. The van der Waals surface area contributed by atoms with Crippen LogP contribution in [0.4, 0.5) is 0 Å². The first-order chi connectivity index (χ1) is 7.06. The summed E-state index contributed by atoms with van der Waals surface area (Å²) >= 11 is 11.8. The minimum atomic E-state index is 0.368. The van der Waals surface area contributed by atoms with Gasteiger partial charge in [-0.15, -0.1) is 6.58 Å². The minimum Gasteiger partial charge on any atom is -0.319 e. The summed E-state index contributed by atoms with van der Waals surface area (Å²) in [5, 5.41) is 4.19. The molecule has 0 spiro atoms. The van der Waals surface area contributed by atoms with Crippen molar-refractivity contribution in [2.45, 2.75) is 25.9 Å². The first-order valence-electron chi connectivity index (χ1n) is 4.77. The Morgan fingerprint density at radius 3 is 2.73 bits per heavy atom. The van der Waals surface area contributed by atoms with Crippen molar-refractivity contribution in [3.63, 3.8) is 0 Å². The lowest BCUT2D eigenvalue weighted by Crippen LogP contribution is -2.25. The second kappa shape index (κ2) is 5.54. The van der Waals surface area contributed by atoms with Crippen molar-refractivity contribution in [3.05, 3.63) is 28.8 Å². The van der Waals surface area contributed by atoms with Gasteiger partial charge in [0.05, 0.1) is 5.69 Å². The fourth-order valence-electron chi connectivity index (χ4n) is 1.27. The van der Waals surface area contributed by atoms with Gasteiger partial charge in [-0.05, 0) is 24.9 Å². The van der Waals surface area contributed by atoms with Gasteiger partial charge in [0.2, 0.25) is 5.28 Å². The van der Waals surface area contributed by atoms with E-state index in [1.807, 2.05) is 13.1 Å². The van der Waals surface area contributed by atoms with Gasteiger partial charge in [0.25, 0.3) is 0 Å². The zero-order valence-corrected chi connectivity index (χ0v) is 10.4. The molecule has 0 aliphatic carbocycles. The summed E-state index contributed by atoms with van der Waals surface area (Å²) in [5.41, 5.74) is 0.901. The second-order valence-electron chi connectivity index (χ2n) is 3.48. The van der Waals surface area contributed by atoms with Crippen LogP contribution < -0.4 is 5.32 Å².